The largest absolute Gasteiger partial charge is 0.353 e. The van der Waals surface area contributed by atoms with Gasteiger partial charge in [0.15, 0.2) is 0 Å². The molecule has 1 aromatic carbocycles. The number of hydrogen-bond donors (Lipinski definition) is 1. The second-order valence-electron chi connectivity index (χ2n) is 6.75. The van der Waals surface area contributed by atoms with Crippen LogP contribution in [0.15, 0.2) is 24.3 Å². The summed E-state index contributed by atoms with van der Waals surface area (Å²) in [6.45, 7) is 4.77. The minimum absolute atomic E-state index is 0.0246. The Kier molecular flexibility index (Phi) is 6.95. The second kappa shape index (κ2) is 8.76. The zero-order chi connectivity index (χ0) is 18.4. The van der Waals surface area contributed by atoms with Crippen LogP contribution in [0.3, 0.4) is 0 Å². The lowest BCUT2D eigenvalue weighted by molar-refractivity contribution is -0.126. The van der Waals surface area contributed by atoms with Gasteiger partial charge in [-0.2, -0.15) is 0 Å². The van der Waals surface area contributed by atoms with Gasteiger partial charge in [-0.25, -0.2) is 17.1 Å². The van der Waals surface area contributed by atoms with E-state index in [1.807, 2.05) is 6.92 Å². The molecule has 0 radical (unpaired) electrons. The highest BCUT2D eigenvalue weighted by molar-refractivity contribution is 7.88. The predicted octanol–water partition coefficient (Wildman–Crippen LogP) is 2.67. The first-order chi connectivity index (χ1) is 11.8. The van der Waals surface area contributed by atoms with E-state index >= 15 is 0 Å². The molecule has 1 N–H and O–H groups in total. The topological polar surface area (TPSA) is 66.5 Å². The summed E-state index contributed by atoms with van der Waals surface area (Å²) in [5, 5.41) is 3.01. The van der Waals surface area contributed by atoms with Gasteiger partial charge in [-0.15, -0.1) is 0 Å². The van der Waals surface area contributed by atoms with Crippen LogP contribution in [0.25, 0.3) is 0 Å². The Labute approximate surface area is 149 Å². The second-order valence-corrected chi connectivity index (χ2v) is 8.72. The number of benzene rings is 1. The van der Waals surface area contributed by atoms with Crippen LogP contribution >= 0.6 is 0 Å². The molecule has 0 saturated carbocycles. The molecule has 140 valence electrons. The average molecular weight is 370 g/mol. The Morgan fingerprint density at radius 3 is 2.44 bits per heavy atom. The fraction of sp³-hybridized carbons (Fsp3) is 0.611. The van der Waals surface area contributed by atoms with Crippen molar-refractivity contribution in [2.75, 3.05) is 13.1 Å². The fourth-order valence-electron chi connectivity index (χ4n) is 3.14. The lowest BCUT2D eigenvalue weighted by Crippen LogP contribution is -2.45. The van der Waals surface area contributed by atoms with E-state index < -0.39 is 10.0 Å². The van der Waals surface area contributed by atoms with Crippen molar-refractivity contribution >= 4 is 15.9 Å². The van der Waals surface area contributed by atoms with Crippen LogP contribution in [0.5, 0.6) is 0 Å². The molecule has 0 aromatic heterocycles. The summed E-state index contributed by atoms with van der Waals surface area (Å²) in [7, 11) is -3.45. The molecule has 5 nitrogen and oxygen atoms in total. The molecular weight excluding hydrogens is 343 g/mol. The molecule has 1 saturated heterocycles. The van der Waals surface area contributed by atoms with Gasteiger partial charge in [0, 0.05) is 25.0 Å². The highest BCUT2D eigenvalue weighted by Crippen LogP contribution is 2.22. The van der Waals surface area contributed by atoms with Gasteiger partial charge in [0.2, 0.25) is 15.9 Å². The molecule has 1 fully saturated rings. The van der Waals surface area contributed by atoms with E-state index in [9.17, 15) is 17.6 Å². The van der Waals surface area contributed by atoms with Crippen molar-refractivity contribution in [3.8, 4) is 0 Å². The zero-order valence-corrected chi connectivity index (χ0v) is 15.7. The van der Waals surface area contributed by atoms with Gasteiger partial charge in [0.25, 0.3) is 0 Å². The summed E-state index contributed by atoms with van der Waals surface area (Å²) in [5.41, 5.74) is 0.564. The van der Waals surface area contributed by atoms with Crippen molar-refractivity contribution in [2.24, 2.45) is 5.92 Å². The lowest BCUT2D eigenvalue weighted by Gasteiger charge is -2.31. The summed E-state index contributed by atoms with van der Waals surface area (Å²) in [4.78, 5) is 12.2. The lowest BCUT2D eigenvalue weighted by atomic mass is 9.96. The van der Waals surface area contributed by atoms with E-state index in [2.05, 4.69) is 12.2 Å². The van der Waals surface area contributed by atoms with Crippen LogP contribution in [0.4, 0.5) is 4.39 Å². The maximum Gasteiger partial charge on any atom is 0.223 e. The Hall–Kier alpha value is -1.47. The molecule has 1 aliphatic heterocycles. The van der Waals surface area contributed by atoms with Crippen LogP contribution in [0, 0.1) is 11.7 Å². The maximum atomic E-state index is 12.9. The first kappa shape index (κ1) is 19.8. The standard InChI is InChI=1S/C18H27FN2O3S/c1-3-4-14(2)20-18(22)16-9-11-21(12-10-16)25(23,24)13-15-5-7-17(19)8-6-15/h5-8,14,16H,3-4,9-13H2,1-2H3,(H,20,22)/t14-/m1/s1. The van der Waals surface area contributed by atoms with Crippen LogP contribution in [-0.4, -0.2) is 37.8 Å². The molecule has 0 bridgehead atoms. The number of nitrogens with one attached hydrogen (secondary N) is 1. The smallest absolute Gasteiger partial charge is 0.223 e. The highest BCUT2D eigenvalue weighted by Gasteiger charge is 2.31. The van der Waals surface area contributed by atoms with Crippen molar-refractivity contribution in [2.45, 2.75) is 51.3 Å². The Morgan fingerprint density at radius 1 is 1.28 bits per heavy atom. The monoisotopic (exact) mass is 370 g/mol. The molecule has 1 amide bonds. The number of amides is 1. The molecule has 0 unspecified atom stereocenters. The summed E-state index contributed by atoms with van der Waals surface area (Å²) in [6, 6.07) is 5.65. The quantitative estimate of drug-likeness (QED) is 0.802. The number of hydrogen-bond acceptors (Lipinski definition) is 3. The molecule has 2 rings (SSSR count). The number of carbonyl (C=O) groups excluding carboxylic acids is 1. The van der Waals surface area contributed by atoms with Gasteiger partial charge >= 0.3 is 0 Å². The third-order valence-electron chi connectivity index (χ3n) is 4.59. The summed E-state index contributed by atoms with van der Waals surface area (Å²) in [6.07, 6.45) is 3.03. The van der Waals surface area contributed by atoms with Gasteiger partial charge in [0.05, 0.1) is 5.75 Å². The van der Waals surface area contributed by atoms with Crippen LogP contribution < -0.4 is 5.32 Å². The first-order valence-electron chi connectivity index (χ1n) is 8.84. The van der Waals surface area contributed by atoms with E-state index in [0.717, 1.165) is 12.8 Å². The Bertz CT molecular complexity index is 668. The predicted molar refractivity (Wildman–Crippen MR) is 95.8 cm³/mol. The molecule has 1 aliphatic rings. The minimum Gasteiger partial charge on any atom is -0.353 e. The highest BCUT2D eigenvalue weighted by atomic mass is 32.2. The van der Waals surface area contributed by atoms with Gasteiger partial charge in [-0.3, -0.25) is 4.79 Å². The SMILES string of the molecule is CCC[C@@H](C)NC(=O)C1CCN(S(=O)(=O)Cc2ccc(F)cc2)CC1. The molecule has 0 aliphatic carbocycles. The van der Waals surface area contributed by atoms with Crippen molar-refractivity contribution < 1.29 is 17.6 Å². The van der Waals surface area contributed by atoms with E-state index in [0.29, 0.717) is 31.5 Å². The average Bonchev–Trinajstić information content (AvgIpc) is 2.57. The van der Waals surface area contributed by atoms with E-state index in [1.54, 1.807) is 0 Å². The molecule has 7 heteroatoms. The summed E-state index contributed by atoms with van der Waals surface area (Å²) < 4.78 is 39.4. The van der Waals surface area contributed by atoms with E-state index in [4.69, 9.17) is 0 Å². The third-order valence-corrected chi connectivity index (χ3v) is 6.44. The molecule has 1 heterocycles. The normalized spacial score (nSPS) is 18.0. The Morgan fingerprint density at radius 2 is 1.88 bits per heavy atom. The summed E-state index contributed by atoms with van der Waals surface area (Å²) in [5.74, 6) is -0.629. The van der Waals surface area contributed by atoms with Gasteiger partial charge < -0.3 is 5.32 Å². The molecule has 1 atom stereocenters. The number of carbonyl (C=O) groups is 1. The number of halogens is 1. The van der Waals surface area contributed by atoms with Crippen molar-refractivity contribution in [1.29, 1.82) is 0 Å². The number of nitrogens with zero attached hydrogens (tertiary/aromatic N) is 1. The number of piperidine rings is 1. The summed E-state index contributed by atoms with van der Waals surface area (Å²) >= 11 is 0. The molecule has 25 heavy (non-hydrogen) atoms. The minimum atomic E-state index is -3.45. The van der Waals surface area contributed by atoms with Gasteiger partial charge in [-0.05, 0) is 43.9 Å². The number of sulfonamides is 1. The zero-order valence-electron chi connectivity index (χ0n) is 14.9. The van der Waals surface area contributed by atoms with E-state index in [-0.39, 0.29) is 29.4 Å². The molecule has 0 spiro atoms. The first-order valence-corrected chi connectivity index (χ1v) is 10.5. The third kappa shape index (κ3) is 5.78. The molecule has 1 aromatic rings. The fourth-order valence-corrected chi connectivity index (χ4v) is 4.71. The maximum absolute atomic E-state index is 12.9. The van der Waals surface area contributed by atoms with Crippen LogP contribution in [0.1, 0.15) is 45.1 Å². The van der Waals surface area contributed by atoms with Gasteiger partial charge in [0.1, 0.15) is 5.82 Å². The van der Waals surface area contributed by atoms with Crippen molar-refractivity contribution in [1.82, 2.24) is 9.62 Å². The molecular formula is C18H27FN2O3S. The van der Waals surface area contributed by atoms with Crippen LogP contribution in [0.2, 0.25) is 0 Å². The van der Waals surface area contributed by atoms with Crippen LogP contribution in [-0.2, 0) is 20.6 Å². The van der Waals surface area contributed by atoms with Gasteiger partial charge in [-0.1, -0.05) is 25.5 Å². The van der Waals surface area contributed by atoms with Crippen molar-refractivity contribution in [3.05, 3.63) is 35.6 Å². The number of rotatable bonds is 7. The Balaban J connectivity index is 1.88. The van der Waals surface area contributed by atoms with Crippen molar-refractivity contribution in [3.63, 3.8) is 0 Å². The van der Waals surface area contributed by atoms with E-state index in [1.165, 1.54) is 28.6 Å².